The SMILES string of the molecule is CC(=O)Nc1ccc2occ(Cc3c(O)ccc4cc(-c5ccccn5)c(=O)oc34)c(=O)c2c1. The number of fused-ring (bicyclic) bond motifs is 2. The molecule has 34 heavy (non-hydrogen) atoms. The number of anilines is 1. The van der Waals surface area contributed by atoms with Gasteiger partial charge in [0.15, 0.2) is 5.43 Å². The number of phenolic OH excluding ortho intramolecular Hbond substituents is 1. The molecule has 1 amide bonds. The highest BCUT2D eigenvalue weighted by molar-refractivity contribution is 5.92. The zero-order valence-corrected chi connectivity index (χ0v) is 18.0. The molecule has 168 valence electrons. The van der Waals surface area contributed by atoms with Crippen LogP contribution in [0.25, 0.3) is 33.2 Å². The summed E-state index contributed by atoms with van der Waals surface area (Å²) >= 11 is 0. The van der Waals surface area contributed by atoms with Gasteiger partial charge in [-0.25, -0.2) is 4.79 Å². The molecule has 0 spiro atoms. The van der Waals surface area contributed by atoms with E-state index in [9.17, 15) is 19.5 Å². The van der Waals surface area contributed by atoms with Gasteiger partial charge in [0, 0.05) is 41.7 Å². The number of carbonyl (C=O) groups excluding carboxylic acids is 1. The summed E-state index contributed by atoms with van der Waals surface area (Å²) in [5.74, 6) is -0.381. The largest absolute Gasteiger partial charge is 0.508 e. The van der Waals surface area contributed by atoms with Crippen LogP contribution < -0.4 is 16.4 Å². The molecule has 0 saturated carbocycles. The van der Waals surface area contributed by atoms with Crippen molar-refractivity contribution >= 4 is 33.5 Å². The Bertz CT molecular complexity index is 1690. The second-order valence-electron chi connectivity index (χ2n) is 7.80. The number of phenols is 1. The Labute approximate surface area is 192 Å². The van der Waals surface area contributed by atoms with Gasteiger partial charge < -0.3 is 19.3 Å². The van der Waals surface area contributed by atoms with Crippen LogP contribution in [0.3, 0.4) is 0 Å². The van der Waals surface area contributed by atoms with Crippen LogP contribution in [-0.4, -0.2) is 16.0 Å². The summed E-state index contributed by atoms with van der Waals surface area (Å²) in [6, 6.07) is 14.7. The van der Waals surface area contributed by atoms with Crippen molar-refractivity contribution in [3.05, 3.63) is 98.8 Å². The number of rotatable bonds is 4. The van der Waals surface area contributed by atoms with Gasteiger partial charge in [-0.15, -0.1) is 0 Å². The smallest absolute Gasteiger partial charge is 0.345 e. The predicted molar refractivity (Wildman–Crippen MR) is 127 cm³/mol. The van der Waals surface area contributed by atoms with Crippen molar-refractivity contribution < 1.29 is 18.7 Å². The van der Waals surface area contributed by atoms with E-state index in [1.807, 2.05) is 0 Å². The molecule has 0 atom stereocenters. The minimum absolute atomic E-state index is 0.0301. The zero-order valence-electron chi connectivity index (χ0n) is 18.0. The molecule has 0 aliphatic carbocycles. The number of nitrogens with zero attached hydrogens (tertiary/aromatic N) is 1. The fourth-order valence-corrected chi connectivity index (χ4v) is 3.87. The van der Waals surface area contributed by atoms with Crippen LogP contribution in [0.5, 0.6) is 5.75 Å². The van der Waals surface area contributed by atoms with Crippen molar-refractivity contribution in [1.82, 2.24) is 4.98 Å². The van der Waals surface area contributed by atoms with Gasteiger partial charge in [0.25, 0.3) is 0 Å². The Balaban J connectivity index is 1.62. The molecule has 0 aliphatic heterocycles. The standard InChI is InChI=1S/C26H18N2O6/c1-14(29)28-17-6-8-23-20(12-17)24(31)16(13-33-23)11-19-22(30)7-5-15-10-18(26(32)34-25(15)19)21-4-2-3-9-27-21/h2-10,12-13,30H,11H2,1H3,(H,28,29). The third-order valence-electron chi connectivity index (χ3n) is 5.45. The van der Waals surface area contributed by atoms with Gasteiger partial charge >= 0.3 is 5.63 Å². The Morgan fingerprint density at radius 2 is 1.94 bits per heavy atom. The molecule has 2 aromatic carbocycles. The van der Waals surface area contributed by atoms with Gasteiger partial charge in [0.1, 0.15) is 16.9 Å². The number of carbonyl (C=O) groups is 1. The quantitative estimate of drug-likeness (QED) is 0.390. The van der Waals surface area contributed by atoms with Crippen LogP contribution in [0.4, 0.5) is 5.69 Å². The third kappa shape index (κ3) is 3.81. The van der Waals surface area contributed by atoms with E-state index >= 15 is 0 Å². The third-order valence-corrected chi connectivity index (χ3v) is 5.45. The molecule has 0 fully saturated rings. The van der Waals surface area contributed by atoms with Crippen molar-refractivity contribution in [2.24, 2.45) is 0 Å². The summed E-state index contributed by atoms with van der Waals surface area (Å²) in [4.78, 5) is 41.4. The van der Waals surface area contributed by atoms with Crippen LogP contribution in [0, 0.1) is 0 Å². The van der Waals surface area contributed by atoms with E-state index < -0.39 is 5.63 Å². The van der Waals surface area contributed by atoms with Gasteiger partial charge in [-0.2, -0.15) is 0 Å². The summed E-state index contributed by atoms with van der Waals surface area (Å²) in [7, 11) is 0. The first kappa shape index (κ1) is 21.1. The Morgan fingerprint density at radius 1 is 1.09 bits per heavy atom. The molecule has 0 aliphatic rings. The van der Waals surface area contributed by atoms with Crippen molar-refractivity contribution in [2.45, 2.75) is 13.3 Å². The van der Waals surface area contributed by atoms with E-state index in [1.165, 1.54) is 25.3 Å². The number of amides is 1. The highest BCUT2D eigenvalue weighted by atomic mass is 16.4. The topological polar surface area (TPSA) is 123 Å². The molecule has 5 aromatic rings. The highest BCUT2D eigenvalue weighted by Crippen LogP contribution is 2.30. The van der Waals surface area contributed by atoms with Crippen molar-refractivity contribution in [3.63, 3.8) is 0 Å². The molecule has 0 bridgehead atoms. The van der Waals surface area contributed by atoms with E-state index in [-0.39, 0.29) is 45.6 Å². The van der Waals surface area contributed by atoms with E-state index in [4.69, 9.17) is 8.83 Å². The fourth-order valence-electron chi connectivity index (χ4n) is 3.87. The lowest BCUT2D eigenvalue weighted by Gasteiger charge is -2.10. The molecule has 5 rings (SSSR count). The monoisotopic (exact) mass is 454 g/mol. The van der Waals surface area contributed by atoms with E-state index in [1.54, 1.807) is 48.7 Å². The molecule has 0 saturated heterocycles. The predicted octanol–water partition coefficient (Wildman–Crippen LogP) is 4.22. The summed E-state index contributed by atoms with van der Waals surface area (Å²) in [6.07, 6.45) is 2.87. The molecule has 8 nitrogen and oxygen atoms in total. The summed E-state index contributed by atoms with van der Waals surface area (Å²) in [5.41, 5.74) is 1.37. The maximum Gasteiger partial charge on any atom is 0.345 e. The van der Waals surface area contributed by atoms with Gasteiger partial charge in [-0.05, 0) is 48.5 Å². The number of hydrogen-bond acceptors (Lipinski definition) is 7. The van der Waals surface area contributed by atoms with Crippen molar-refractivity contribution in [1.29, 1.82) is 0 Å². The first-order valence-corrected chi connectivity index (χ1v) is 10.4. The molecule has 3 heterocycles. The highest BCUT2D eigenvalue weighted by Gasteiger charge is 2.17. The second-order valence-corrected chi connectivity index (χ2v) is 7.80. The molecule has 0 unspecified atom stereocenters. The zero-order chi connectivity index (χ0) is 23.8. The van der Waals surface area contributed by atoms with Gasteiger partial charge in [0.2, 0.25) is 5.91 Å². The average Bonchev–Trinajstić information content (AvgIpc) is 2.82. The number of benzene rings is 2. The van der Waals surface area contributed by atoms with E-state index in [0.717, 1.165) is 0 Å². The van der Waals surface area contributed by atoms with Crippen molar-refractivity contribution in [3.8, 4) is 17.0 Å². The number of aromatic nitrogens is 1. The number of hydrogen-bond donors (Lipinski definition) is 2. The van der Waals surface area contributed by atoms with Crippen LogP contribution in [-0.2, 0) is 11.2 Å². The summed E-state index contributed by atoms with van der Waals surface area (Å²) in [6.45, 7) is 1.37. The Kier molecular flexibility index (Phi) is 5.18. The number of pyridine rings is 1. The number of nitrogens with one attached hydrogen (secondary N) is 1. The molecular formula is C26H18N2O6. The molecule has 8 heteroatoms. The number of aromatic hydroxyl groups is 1. The van der Waals surface area contributed by atoms with Crippen LogP contribution >= 0.6 is 0 Å². The lowest BCUT2D eigenvalue weighted by molar-refractivity contribution is -0.114. The average molecular weight is 454 g/mol. The van der Waals surface area contributed by atoms with Gasteiger partial charge in [-0.1, -0.05) is 6.07 Å². The van der Waals surface area contributed by atoms with Gasteiger partial charge in [0.05, 0.1) is 22.9 Å². The minimum Gasteiger partial charge on any atom is -0.508 e. The molecule has 2 N–H and O–H groups in total. The Hall–Kier alpha value is -4.72. The first-order chi connectivity index (χ1) is 16.4. The summed E-state index contributed by atoms with van der Waals surface area (Å²) in [5, 5.41) is 14.0. The van der Waals surface area contributed by atoms with Crippen LogP contribution in [0.2, 0.25) is 0 Å². The van der Waals surface area contributed by atoms with E-state index in [0.29, 0.717) is 27.9 Å². The summed E-state index contributed by atoms with van der Waals surface area (Å²) < 4.78 is 11.2. The molecule has 0 radical (unpaired) electrons. The minimum atomic E-state index is -0.608. The van der Waals surface area contributed by atoms with Crippen molar-refractivity contribution in [2.75, 3.05) is 5.32 Å². The maximum atomic E-state index is 13.2. The van der Waals surface area contributed by atoms with E-state index in [2.05, 4.69) is 10.3 Å². The first-order valence-electron chi connectivity index (χ1n) is 10.4. The maximum absolute atomic E-state index is 13.2. The van der Waals surface area contributed by atoms with Crippen LogP contribution in [0.1, 0.15) is 18.1 Å². The van der Waals surface area contributed by atoms with Crippen LogP contribution in [0.15, 0.2) is 85.5 Å². The molecular weight excluding hydrogens is 436 g/mol. The van der Waals surface area contributed by atoms with Gasteiger partial charge in [-0.3, -0.25) is 14.6 Å². The molecule has 3 aromatic heterocycles. The normalized spacial score (nSPS) is 11.1. The lowest BCUT2D eigenvalue weighted by atomic mass is 10.0. The Morgan fingerprint density at radius 3 is 2.71 bits per heavy atom. The second kappa shape index (κ2) is 8.32. The fraction of sp³-hybridized carbons (Fsp3) is 0.0769. The lowest BCUT2D eigenvalue weighted by Crippen LogP contribution is -2.11.